The number of hydrogen-bond acceptors (Lipinski definition) is 2. The van der Waals surface area contributed by atoms with Crippen molar-refractivity contribution in [2.45, 2.75) is 41.0 Å². The molecule has 0 aromatic rings. The normalized spacial score (nSPS) is 11.9. The monoisotopic (exact) mass is 214 g/mol. The number of amides is 1. The Labute approximate surface area is 94.0 Å². The van der Waals surface area contributed by atoms with Gasteiger partial charge in [0.2, 0.25) is 5.91 Å². The van der Waals surface area contributed by atoms with Gasteiger partial charge in [-0.3, -0.25) is 4.79 Å². The number of nitrogens with one attached hydrogen (secondary N) is 2. The van der Waals surface area contributed by atoms with Crippen LogP contribution in [0, 0.1) is 11.3 Å². The molecule has 0 aromatic carbocycles. The van der Waals surface area contributed by atoms with Gasteiger partial charge in [-0.2, -0.15) is 0 Å². The lowest BCUT2D eigenvalue weighted by Gasteiger charge is -2.18. The summed E-state index contributed by atoms with van der Waals surface area (Å²) in [5, 5.41) is 6.18. The molecule has 0 saturated heterocycles. The smallest absolute Gasteiger partial charge is 0.221 e. The van der Waals surface area contributed by atoms with Gasteiger partial charge in [-0.1, -0.05) is 34.6 Å². The van der Waals surface area contributed by atoms with E-state index < -0.39 is 0 Å². The molecule has 0 unspecified atom stereocenters. The fourth-order valence-corrected chi connectivity index (χ4v) is 1.07. The lowest BCUT2D eigenvalue weighted by Crippen LogP contribution is -2.33. The minimum atomic E-state index is 0.144. The summed E-state index contributed by atoms with van der Waals surface area (Å²) in [6, 6.07) is 0. The van der Waals surface area contributed by atoms with E-state index in [1.54, 1.807) is 0 Å². The van der Waals surface area contributed by atoms with Crippen LogP contribution in [0.2, 0.25) is 0 Å². The molecule has 0 radical (unpaired) electrons. The molecular weight excluding hydrogens is 188 g/mol. The van der Waals surface area contributed by atoms with Gasteiger partial charge in [0.1, 0.15) is 0 Å². The van der Waals surface area contributed by atoms with Crippen LogP contribution in [0.5, 0.6) is 0 Å². The molecule has 0 heterocycles. The molecule has 2 N–H and O–H groups in total. The first kappa shape index (κ1) is 14.4. The van der Waals surface area contributed by atoms with Crippen LogP contribution in [0.4, 0.5) is 0 Å². The molecule has 0 aromatic heterocycles. The standard InChI is InChI=1S/C12H26N2O/c1-10(2)8-14-11(15)6-7-13-9-12(3,4)5/h10,13H,6-9H2,1-5H3,(H,14,15). The van der Waals surface area contributed by atoms with Crippen molar-refractivity contribution in [3.63, 3.8) is 0 Å². The first-order valence-corrected chi connectivity index (χ1v) is 5.78. The van der Waals surface area contributed by atoms with Crippen LogP contribution in [0.15, 0.2) is 0 Å². The summed E-state index contributed by atoms with van der Waals surface area (Å²) < 4.78 is 0. The third-order valence-electron chi connectivity index (χ3n) is 1.89. The molecule has 0 atom stereocenters. The summed E-state index contributed by atoms with van der Waals surface area (Å²) >= 11 is 0. The van der Waals surface area contributed by atoms with Crippen LogP contribution in [0.3, 0.4) is 0 Å². The molecule has 0 spiro atoms. The van der Waals surface area contributed by atoms with E-state index in [1.807, 2.05) is 0 Å². The highest BCUT2D eigenvalue weighted by Crippen LogP contribution is 2.09. The van der Waals surface area contributed by atoms with Crippen LogP contribution in [-0.4, -0.2) is 25.5 Å². The quantitative estimate of drug-likeness (QED) is 0.662. The Kier molecular flexibility index (Phi) is 6.57. The van der Waals surface area contributed by atoms with Gasteiger partial charge < -0.3 is 10.6 Å². The average Bonchev–Trinajstić information content (AvgIpc) is 2.07. The van der Waals surface area contributed by atoms with Gasteiger partial charge in [0.25, 0.3) is 0 Å². The molecular formula is C12H26N2O. The maximum Gasteiger partial charge on any atom is 0.221 e. The summed E-state index contributed by atoms with van der Waals surface area (Å²) in [6.07, 6.45) is 0.572. The van der Waals surface area contributed by atoms with Crippen LogP contribution in [-0.2, 0) is 4.79 Å². The summed E-state index contributed by atoms with van der Waals surface area (Å²) in [5.74, 6) is 0.668. The molecule has 0 fully saturated rings. The van der Waals surface area contributed by atoms with Crippen LogP contribution < -0.4 is 10.6 Å². The zero-order valence-corrected chi connectivity index (χ0v) is 10.8. The fourth-order valence-electron chi connectivity index (χ4n) is 1.07. The van der Waals surface area contributed by atoms with Gasteiger partial charge in [-0.25, -0.2) is 0 Å². The van der Waals surface area contributed by atoms with Gasteiger partial charge in [-0.15, -0.1) is 0 Å². The van der Waals surface area contributed by atoms with E-state index in [0.717, 1.165) is 19.6 Å². The van der Waals surface area contributed by atoms with Crippen molar-refractivity contribution in [2.75, 3.05) is 19.6 Å². The molecule has 0 aliphatic carbocycles. The van der Waals surface area contributed by atoms with Crippen LogP contribution >= 0.6 is 0 Å². The van der Waals surface area contributed by atoms with Gasteiger partial charge in [0, 0.05) is 26.1 Å². The molecule has 0 bridgehead atoms. The summed E-state index contributed by atoms with van der Waals surface area (Å²) in [7, 11) is 0. The molecule has 3 nitrogen and oxygen atoms in total. The second-order valence-corrected chi connectivity index (χ2v) is 5.69. The maximum atomic E-state index is 11.3. The van der Waals surface area contributed by atoms with Gasteiger partial charge in [0.05, 0.1) is 0 Å². The molecule has 0 aliphatic rings. The maximum absolute atomic E-state index is 11.3. The van der Waals surface area contributed by atoms with E-state index in [4.69, 9.17) is 0 Å². The zero-order chi connectivity index (χ0) is 11.9. The zero-order valence-electron chi connectivity index (χ0n) is 10.8. The molecule has 0 saturated carbocycles. The number of carbonyl (C=O) groups is 1. The second kappa shape index (κ2) is 6.83. The Morgan fingerprint density at radius 2 is 1.87 bits per heavy atom. The van der Waals surface area contributed by atoms with E-state index in [9.17, 15) is 4.79 Å². The van der Waals surface area contributed by atoms with Crippen molar-refractivity contribution in [3.8, 4) is 0 Å². The fraction of sp³-hybridized carbons (Fsp3) is 0.917. The lowest BCUT2D eigenvalue weighted by molar-refractivity contribution is -0.121. The third kappa shape index (κ3) is 11.4. The Morgan fingerprint density at radius 3 is 2.33 bits per heavy atom. The van der Waals surface area contributed by atoms with E-state index in [2.05, 4.69) is 45.3 Å². The van der Waals surface area contributed by atoms with Crippen molar-refractivity contribution in [1.82, 2.24) is 10.6 Å². The highest BCUT2D eigenvalue weighted by atomic mass is 16.1. The molecule has 3 heteroatoms. The molecule has 90 valence electrons. The number of rotatable bonds is 6. The first-order valence-electron chi connectivity index (χ1n) is 5.78. The van der Waals surface area contributed by atoms with Crippen molar-refractivity contribution in [1.29, 1.82) is 0 Å². The Morgan fingerprint density at radius 1 is 1.27 bits per heavy atom. The largest absolute Gasteiger partial charge is 0.356 e. The lowest BCUT2D eigenvalue weighted by atomic mass is 9.97. The summed E-state index contributed by atoms with van der Waals surface area (Å²) in [6.45, 7) is 13.2. The Bertz CT molecular complexity index is 183. The highest BCUT2D eigenvalue weighted by molar-refractivity contribution is 5.76. The molecule has 0 rings (SSSR count). The van der Waals surface area contributed by atoms with Crippen molar-refractivity contribution in [3.05, 3.63) is 0 Å². The van der Waals surface area contributed by atoms with Gasteiger partial charge >= 0.3 is 0 Å². The van der Waals surface area contributed by atoms with Crippen LogP contribution in [0.1, 0.15) is 41.0 Å². The predicted octanol–water partition coefficient (Wildman–Crippen LogP) is 1.78. The summed E-state index contributed by atoms with van der Waals surface area (Å²) in [4.78, 5) is 11.3. The Balaban J connectivity index is 3.40. The molecule has 0 aliphatic heterocycles. The second-order valence-electron chi connectivity index (χ2n) is 5.69. The van der Waals surface area contributed by atoms with Crippen molar-refractivity contribution >= 4 is 5.91 Å². The van der Waals surface area contributed by atoms with E-state index in [-0.39, 0.29) is 11.3 Å². The minimum Gasteiger partial charge on any atom is -0.356 e. The topological polar surface area (TPSA) is 41.1 Å². The summed E-state index contributed by atoms with van der Waals surface area (Å²) in [5.41, 5.74) is 0.286. The number of hydrogen-bond donors (Lipinski definition) is 2. The SMILES string of the molecule is CC(C)CNC(=O)CCNCC(C)(C)C. The molecule has 1 amide bonds. The van der Waals surface area contributed by atoms with E-state index in [1.165, 1.54) is 0 Å². The Hall–Kier alpha value is -0.570. The van der Waals surface area contributed by atoms with E-state index in [0.29, 0.717) is 12.3 Å². The van der Waals surface area contributed by atoms with Crippen molar-refractivity contribution < 1.29 is 4.79 Å². The highest BCUT2D eigenvalue weighted by Gasteiger charge is 2.09. The van der Waals surface area contributed by atoms with Gasteiger partial charge in [0.15, 0.2) is 0 Å². The van der Waals surface area contributed by atoms with E-state index >= 15 is 0 Å². The van der Waals surface area contributed by atoms with Gasteiger partial charge in [-0.05, 0) is 11.3 Å². The molecule has 15 heavy (non-hydrogen) atoms. The predicted molar refractivity (Wildman–Crippen MR) is 64.8 cm³/mol. The average molecular weight is 214 g/mol. The number of carbonyl (C=O) groups excluding carboxylic acids is 1. The minimum absolute atomic E-state index is 0.144. The van der Waals surface area contributed by atoms with Crippen LogP contribution in [0.25, 0.3) is 0 Å². The van der Waals surface area contributed by atoms with Crippen molar-refractivity contribution in [2.24, 2.45) is 11.3 Å². The first-order chi connectivity index (χ1) is 6.81. The third-order valence-corrected chi connectivity index (χ3v) is 1.89.